The Hall–Kier alpha value is -1.49. The van der Waals surface area contributed by atoms with E-state index in [2.05, 4.69) is 27.8 Å². The summed E-state index contributed by atoms with van der Waals surface area (Å²) in [6, 6.07) is 3.77. The van der Waals surface area contributed by atoms with Crippen LogP contribution in [-0.2, 0) is 0 Å². The van der Waals surface area contributed by atoms with Crippen LogP contribution < -0.4 is 10.7 Å². The van der Waals surface area contributed by atoms with Crippen molar-refractivity contribution in [3.8, 4) is 0 Å². The summed E-state index contributed by atoms with van der Waals surface area (Å²) in [6.45, 7) is 2.93. The van der Waals surface area contributed by atoms with Crippen LogP contribution in [0.3, 0.4) is 0 Å². The molecule has 0 amide bonds. The third-order valence-corrected chi connectivity index (χ3v) is 1.84. The quantitative estimate of drug-likeness (QED) is 0.458. The third-order valence-electron chi connectivity index (χ3n) is 1.60. The number of thiocarbonyl (C=S) groups is 1. The van der Waals surface area contributed by atoms with Gasteiger partial charge in [0.15, 0.2) is 5.11 Å². The van der Waals surface area contributed by atoms with Crippen LogP contribution in [0.2, 0.25) is 0 Å². The minimum atomic E-state index is 0.539. The molecule has 0 saturated carbocycles. The maximum Gasteiger partial charge on any atom is 0.186 e. The zero-order chi connectivity index (χ0) is 10.9. The van der Waals surface area contributed by atoms with Gasteiger partial charge in [-0.05, 0) is 24.7 Å². The molecule has 0 atom stereocenters. The maximum absolute atomic E-state index is 4.98. The van der Waals surface area contributed by atoms with Crippen molar-refractivity contribution in [3.63, 3.8) is 0 Å². The summed E-state index contributed by atoms with van der Waals surface area (Å²) in [5.74, 6) is 0. The van der Waals surface area contributed by atoms with Crippen LogP contribution in [0.1, 0.15) is 18.9 Å². The first-order valence-corrected chi connectivity index (χ1v) is 5.20. The molecule has 0 bridgehead atoms. The molecule has 0 fully saturated rings. The molecule has 1 heterocycles. The van der Waals surface area contributed by atoms with Crippen molar-refractivity contribution >= 4 is 23.5 Å². The van der Waals surface area contributed by atoms with Crippen molar-refractivity contribution in [2.24, 2.45) is 5.10 Å². The smallest absolute Gasteiger partial charge is 0.186 e. The topological polar surface area (TPSA) is 49.3 Å². The molecule has 0 aliphatic rings. The fourth-order valence-corrected chi connectivity index (χ4v) is 1.05. The van der Waals surface area contributed by atoms with Crippen LogP contribution in [-0.4, -0.2) is 22.9 Å². The van der Waals surface area contributed by atoms with E-state index < -0.39 is 0 Å². The van der Waals surface area contributed by atoms with Crippen LogP contribution in [0.4, 0.5) is 0 Å². The summed E-state index contributed by atoms with van der Waals surface area (Å²) >= 11 is 4.98. The van der Waals surface area contributed by atoms with Crippen LogP contribution >= 0.6 is 12.2 Å². The molecule has 15 heavy (non-hydrogen) atoms. The van der Waals surface area contributed by atoms with Crippen molar-refractivity contribution in [1.82, 2.24) is 15.7 Å². The Morgan fingerprint density at radius 1 is 1.67 bits per heavy atom. The monoisotopic (exact) mass is 222 g/mol. The highest BCUT2D eigenvalue weighted by atomic mass is 32.1. The minimum Gasteiger partial charge on any atom is -0.361 e. The summed E-state index contributed by atoms with van der Waals surface area (Å²) in [7, 11) is 0. The molecule has 2 N–H and O–H groups in total. The molecule has 5 heteroatoms. The largest absolute Gasteiger partial charge is 0.361 e. The number of nitrogens with one attached hydrogen (secondary N) is 2. The molecule has 1 aromatic heterocycles. The molecule has 80 valence electrons. The predicted molar refractivity (Wildman–Crippen MR) is 65.9 cm³/mol. The zero-order valence-electron chi connectivity index (χ0n) is 8.60. The summed E-state index contributed by atoms with van der Waals surface area (Å²) in [6.07, 6.45) is 6.16. The number of pyridine rings is 1. The lowest BCUT2D eigenvalue weighted by molar-refractivity contribution is 0.817. The van der Waals surface area contributed by atoms with Gasteiger partial charge >= 0.3 is 0 Å². The Kier molecular flexibility index (Phi) is 5.32. The molecule has 1 aromatic rings. The lowest BCUT2D eigenvalue weighted by Crippen LogP contribution is -2.32. The van der Waals surface area contributed by atoms with E-state index in [0.29, 0.717) is 5.11 Å². The van der Waals surface area contributed by atoms with Crippen LogP contribution in [0.15, 0.2) is 29.6 Å². The molecule has 1 rings (SSSR count). The Labute approximate surface area is 94.8 Å². The molecule has 4 nitrogen and oxygen atoms in total. The molecular formula is C10H14N4S. The van der Waals surface area contributed by atoms with Crippen molar-refractivity contribution in [1.29, 1.82) is 0 Å². The summed E-state index contributed by atoms with van der Waals surface area (Å²) in [4.78, 5) is 3.96. The van der Waals surface area contributed by atoms with E-state index in [0.717, 1.165) is 18.5 Å². The Balaban J connectivity index is 2.31. The number of hydrazone groups is 1. The van der Waals surface area contributed by atoms with Gasteiger partial charge in [-0.3, -0.25) is 10.4 Å². The molecule has 0 aliphatic heterocycles. The average molecular weight is 222 g/mol. The zero-order valence-corrected chi connectivity index (χ0v) is 9.42. The van der Waals surface area contributed by atoms with Gasteiger partial charge in [0.1, 0.15) is 0 Å². The molecule has 0 aliphatic carbocycles. The summed E-state index contributed by atoms with van der Waals surface area (Å²) in [5, 5.41) is 7.52. The van der Waals surface area contributed by atoms with Gasteiger partial charge in [-0.25, -0.2) is 0 Å². The second kappa shape index (κ2) is 6.89. The molecule has 0 unspecified atom stereocenters. The number of hydrogen-bond donors (Lipinski definition) is 2. The molecule has 0 radical (unpaired) electrons. The first kappa shape index (κ1) is 11.6. The van der Waals surface area contributed by atoms with Gasteiger partial charge in [-0.2, -0.15) is 5.10 Å². The predicted octanol–water partition coefficient (Wildman–Crippen LogP) is 1.29. The van der Waals surface area contributed by atoms with E-state index in [4.69, 9.17) is 12.2 Å². The highest BCUT2D eigenvalue weighted by Crippen LogP contribution is 1.89. The maximum atomic E-state index is 4.98. The highest BCUT2D eigenvalue weighted by Gasteiger charge is 1.89. The number of hydrogen-bond acceptors (Lipinski definition) is 3. The minimum absolute atomic E-state index is 0.539. The Morgan fingerprint density at radius 2 is 2.53 bits per heavy atom. The van der Waals surface area contributed by atoms with E-state index in [9.17, 15) is 0 Å². The number of rotatable bonds is 4. The molecular weight excluding hydrogens is 208 g/mol. The fraction of sp³-hybridized carbons (Fsp3) is 0.300. The molecule has 0 saturated heterocycles. The highest BCUT2D eigenvalue weighted by molar-refractivity contribution is 7.80. The number of nitrogens with zero attached hydrogens (tertiary/aromatic N) is 2. The van der Waals surface area contributed by atoms with Gasteiger partial charge in [0.25, 0.3) is 0 Å². The van der Waals surface area contributed by atoms with E-state index in [1.54, 1.807) is 18.6 Å². The SMILES string of the molecule is CCCNC(=S)N/N=C/c1cccnc1. The second-order valence-electron chi connectivity index (χ2n) is 2.91. The number of aromatic nitrogens is 1. The van der Waals surface area contributed by atoms with Crippen molar-refractivity contribution in [2.45, 2.75) is 13.3 Å². The van der Waals surface area contributed by atoms with Crippen LogP contribution in [0.25, 0.3) is 0 Å². The van der Waals surface area contributed by atoms with Crippen molar-refractivity contribution < 1.29 is 0 Å². The first-order valence-electron chi connectivity index (χ1n) is 4.80. The van der Waals surface area contributed by atoms with Gasteiger partial charge in [-0.1, -0.05) is 13.0 Å². The normalized spacial score (nSPS) is 10.2. The lowest BCUT2D eigenvalue weighted by atomic mass is 10.3. The van der Waals surface area contributed by atoms with Crippen molar-refractivity contribution in [3.05, 3.63) is 30.1 Å². The van der Waals surface area contributed by atoms with Gasteiger partial charge in [0.05, 0.1) is 6.21 Å². The van der Waals surface area contributed by atoms with E-state index in [1.165, 1.54) is 0 Å². The van der Waals surface area contributed by atoms with Gasteiger partial charge in [0, 0.05) is 24.5 Å². The fourth-order valence-electron chi connectivity index (χ4n) is 0.896. The van der Waals surface area contributed by atoms with E-state index in [1.807, 2.05) is 12.1 Å². The van der Waals surface area contributed by atoms with E-state index in [-0.39, 0.29) is 0 Å². The van der Waals surface area contributed by atoms with Crippen molar-refractivity contribution in [2.75, 3.05) is 6.54 Å². The van der Waals surface area contributed by atoms with Gasteiger partial charge in [0.2, 0.25) is 0 Å². The standard InChI is InChI=1S/C10H14N4S/c1-2-5-12-10(15)14-13-8-9-4-3-6-11-7-9/h3-4,6-8H,2,5H2,1H3,(H2,12,14,15)/b13-8+. The average Bonchev–Trinajstić information content (AvgIpc) is 2.28. The van der Waals surface area contributed by atoms with Gasteiger partial charge < -0.3 is 5.32 Å². The summed E-state index contributed by atoms with van der Waals surface area (Å²) < 4.78 is 0. The van der Waals surface area contributed by atoms with Gasteiger partial charge in [-0.15, -0.1) is 0 Å². The Bertz CT molecular complexity index is 323. The lowest BCUT2D eigenvalue weighted by Gasteiger charge is -2.03. The molecule has 0 aromatic carbocycles. The van der Waals surface area contributed by atoms with Crippen LogP contribution in [0, 0.1) is 0 Å². The Morgan fingerprint density at radius 3 is 3.20 bits per heavy atom. The molecule has 0 spiro atoms. The van der Waals surface area contributed by atoms with E-state index >= 15 is 0 Å². The second-order valence-corrected chi connectivity index (χ2v) is 3.32. The first-order chi connectivity index (χ1) is 7.33. The third kappa shape index (κ3) is 5.07. The summed E-state index contributed by atoms with van der Waals surface area (Å²) in [5.41, 5.74) is 3.66. The van der Waals surface area contributed by atoms with Crippen LogP contribution in [0.5, 0.6) is 0 Å².